The van der Waals surface area contributed by atoms with Crippen LogP contribution in [0, 0.1) is 0 Å². The van der Waals surface area contributed by atoms with Crippen LogP contribution >= 0.6 is 22.9 Å². The summed E-state index contributed by atoms with van der Waals surface area (Å²) >= 11 is 7.54. The second kappa shape index (κ2) is 7.62. The van der Waals surface area contributed by atoms with E-state index in [9.17, 15) is 4.79 Å². The second-order valence-corrected chi connectivity index (χ2v) is 7.66. The molecule has 0 aliphatic carbocycles. The molecule has 140 valence electrons. The van der Waals surface area contributed by atoms with Crippen molar-refractivity contribution in [1.82, 2.24) is 4.57 Å². The van der Waals surface area contributed by atoms with Crippen molar-refractivity contribution in [2.75, 3.05) is 7.11 Å². The first-order chi connectivity index (χ1) is 13.6. The lowest BCUT2D eigenvalue weighted by molar-refractivity contribution is 0.0995. The van der Waals surface area contributed by atoms with Crippen LogP contribution < -0.4 is 9.54 Å². The number of methoxy groups -OCH3 is 1. The van der Waals surface area contributed by atoms with Gasteiger partial charge < -0.3 is 9.30 Å². The van der Waals surface area contributed by atoms with Crippen LogP contribution in [0.1, 0.15) is 10.4 Å². The van der Waals surface area contributed by atoms with Gasteiger partial charge in [0.25, 0.3) is 5.91 Å². The van der Waals surface area contributed by atoms with Crippen LogP contribution in [-0.4, -0.2) is 17.6 Å². The Morgan fingerprint density at radius 2 is 1.96 bits per heavy atom. The van der Waals surface area contributed by atoms with Gasteiger partial charge in [-0.05, 0) is 41.1 Å². The standard InChI is InChI=1S/C22H17ClN2O2S/c1-3-10-25-18-9-8-16(23)13-20(18)28-22(25)24-21(26)17-11-14-6-4-5-7-15(14)12-19(17)27-2/h3-9,11-13H,1,10H2,2H3. The van der Waals surface area contributed by atoms with Crippen LogP contribution in [0.15, 0.2) is 72.2 Å². The van der Waals surface area contributed by atoms with Crippen molar-refractivity contribution in [3.8, 4) is 5.75 Å². The molecule has 1 heterocycles. The Bertz CT molecular complexity index is 1290. The smallest absolute Gasteiger partial charge is 0.283 e. The summed E-state index contributed by atoms with van der Waals surface area (Å²) in [5.74, 6) is 0.157. The summed E-state index contributed by atoms with van der Waals surface area (Å²) < 4.78 is 8.36. The fourth-order valence-corrected chi connectivity index (χ4v) is 4.45. The number of aromatic nitrogens is 1. The predicted molar refractivity (Wildman–Crippen MR) is 115 cm³/mol. The summed E-state index contributed by atoms with van der Waals surface area (Å²) in [6.45, 7) is 4.36. The maximum Gasteiger partial charge on any atom is 0.283 e. The second-order valence-electron chi connectivity index (χ2n) is 6.21. The molecular weight excluding hydrogens is 392 g/mol. The Morgan fingerprint density at radius 3 is 2.68 bits per heavy atom. The van der Waals surface area contributed by atoms with Gasteiger partial charge in [0.05, 0.1) is 22.9 Å². The Labute approximate surface area is 171 Å². The molecule has 0 radical (unpaired) electrons. The van der Waals surface area contributed by atoms with Gasteiger partial charge in [0.2, 0.25) is 0 Å². The van der Waals surface area contributed by atoms with Gasteiger partial charge >= 0.3 is 0 Å². The minimum Gasteiger partial charge on any atom is -0.496 e. The van der Waals surface area contributed by atoms with Gasteiger partial charge in [0.1, 0.15) is 5.75 Å². The van der Waals surface area contributed by atoms with E-state index in [-0.39, 0.29) is 5.91 Å². The third kappa shape index (κ3) is 3.35. The van der Waals surface area contributed by atoms with Crippen LogP contribution in [0.2, 0.25) is 5.02 Å². The van der Waals surface area contributed by atoms with Gasteiger partial charge in [0, 0.05) is 11.6 Å². The van der Waals surface area contributed by atoms with E-state index in [0.29, 0.717) is 27.7 Å². The highest BCUT2D eigenvalue weighted by molar-refractivity contribution is 7.16. The van der Waals surface area contributed by atoms with E-state index in [1.165, 1.54) is 11.3 Å². The minimum absolute atomic E-state index is 0.349. The molecule has 0 saturated carbocycles. The van der Waals surface area contributed by atoms with Crippen molar-refractivity contribution < 1.29 is 9.53 Å². The summed E-state index contributed by atoms with van der Waals surface area (Å²) in [6.07, 6.45) is 1.78. The number of allylic oxidation sites excluding steroid dienone is 1. The van der Waals surface area contributed by atoms with Crippen LogP contribution in [0.4, 0.5) is 0 Å². The van der Waals surface area contributed by atoms with Crippen LogP contribution in [0.25, 0.3) is 21.0 Å². The fourth-order valence-electron chi connectivity index (χ4n) is 3.14. The van der Waals surface area contributed by atoms with E-state index in [1.54, 1.807) is 13.2 Å². The molecule has 3 aromatic carbocycles. The van der Waals surface area contributed by atoms with E-state index in [0.717, 1.165) is 21.0 Å². The molecule has 1 aromatic heterocycles. The van der Waals surface area contributed by atoms with Gasteiger partial charge in [-0.25, -0.2) is 0 Å². The van der Waals surface area contributed by atoms with E-state index in [4.69, 9.17) is 16.3 Å². The Kier molecular flexibility index (Phi) is 5.03. The van der Waals surface area contributed by atoms with Crippen LogP contribution in [0.3, 0.4) is 0 Å². The zero-order chi connectivity index (χ0) is 19.7. The normalized spacial score (nSPS) is 11.9. The molecular formula is C22H17ClN2O2S. The molecule has 0 saturated heterocycles. The Hall–Kier alpha value is -2.89. The molecule has 0 N–H and O–H groups in total. The first-order valence-corrected chi connectivity index (χ1v) is 9.86. The highest BCUT2D eigenvalue weighted by atomic mass is 35.5. The number of halogens is 1. The molecule has 0 aliphatic heterocycles. The fraction of sp³-hybridized carbons (Fsp3) is 0.0909. The highest BCUT2D eigenvalue weighted by Gasteiger charge is 2.14. The van der Waals surface area contributed by atoms with Crippen molar-refractivity contribution in [3.05, 3.63) is 82.6 Å². The van der Waals surface area contributed by atoms with Crippen molar-refractivity contribution in [2.24, 2.45) is 4.99 Å². The number of carbonyl (C=O) groups is 1. The molecule has 0 atom stereocenters. The predicted octanol–water partition coefficient (Wildman–Crippen LogP) is 5.45. The lowest BCUT2D eigenvalue weighted by atomic mass is 10.1. The molecule has 0 bridgehead atoms. The average Bonchev–Trinajstić information content (AvgIpc) is 3.03. The zero-order valence-electron chi connectivity index (χ0n) is 15.2. The number of ether oxygens (including phenoxy) is 1. The van der Waals surface area contributed by atoms with Gasteiger partial charge in [-0.3, -0.25) is 4.79 Å². The summed E-state index contributed by atoms with van der Waals surface area (Å²) in [4.78, 5) is 18.0. The molecule has 0 fully saturated rings. The summed E-state index contributed by atoms with van der Waals surface area (Å²) in [5.41, 5.74) is 1.40. The van der Waals surface area contributed by atoms with E-state index < -0.39 is 0 Å². The Balaban J connectivity index is 1.89. The van der Waals surface area contributed by atoms with Crippen molar-refractivity contribution in [3.63, 3.8) is 0 Å². The number of thiazole rings is 1. The van der Waals surface area contributed by atoms with Gasteiger partial charge in [0.15, 0.2) is 4.80 Å². The first-order valence-electron chi connectivity index (χ1n) is 8.66. The largest absolute Gasteiger partial charge is 0.496 e. The van der Waals surface area contributed by atoms with Crippen LogP contribution in [0.5, 0.6) is 5.75 Å². The van der Waals surface area contributed by atoms with Gasteiger partial charge in [-0.15, -0.1) is 6.58 Å². The number of carbonyl (C=O) groups excluding carboxylic acids is 1. The number of hydrogen-bond donors (Lipinski definition) is 0. The molecule has 6 heteroatoms. The van der Waals surface area contributed by atoms with Crippen molar-refractivity contribution >= 4 is 49.8 Å². The minimum atomic E-state index is -0.349. The molecule has 0 aliphatic rings. The highest BCUT2D eigenvalue weighted by Crippen LogP contribution is 2.27. The summed E-state index contributed by atoms with van der Waals surface area (Å²) in [7, 11) is 1.56. The number of rotatable bonds is 4. The van der Waals surface area contributed by atoms with E-state index >= 15 is 0 Å². The summed E-state index contributed by atoms with van der Waals surface area (Å²) in [6, 6.07) is 17.2. The van der Waals surface area contributed by atoms with Gasteiger partial charge in [-0.1, -0.05) is 53.3 Å². The summed E-state index contributed by atoms with van der Waals surface area (Å²) in [5, 5.41) is 2.62. The number of hydrogen-bond acceptors (Lipinski definition) is 3. The molecule has 4 nitrogen and oxygen atoms in total. The number of fused-ring (bicyclic) bond motifs is 2. The van der Waals surface area contributed by atoms with Gasteiger partial charge in [-0.2, -0.15) is 4.99 Å². The lowest BCUT2D eigenvalue weighted by Gasteiger charge is -2.07. The molecule has 0 unspecified atom stereocenters. The number of amides is 1. The van der Waals surface area contributed by atoms with Crippen molar-refractivity contribution in [1.29, 1.82) is 0 Å². The Morgan fingerprint density at radius 1 is 1.21 bits per heavy atom. The maximum absolute atomic E-state index is 13.0. The quantitative estimate of drug-likeness (QED) is 0.422. The molecule has 4 aromatic rings. The average molecular weight is 409 g/mol. The third-order valence-corrected chi connectivity index (χ3v) is 5.73. The third-order valence-electron chi connectivity index (χ3n) is 4.45. The lowest BCUT2D eigenvalue weighted by Crippen LogP contribution is -2.16. The van der Waals surface area contributed by atoms with Crippen LogP contribution in [-0.2, 0) is 6.54 Å². The molecule has 28 heavy (non-hydrogen) atoms. The first kappa shape index (κ1) is 18.5. The molecule has 1 amide bonds. The van der Waals surface area contributed by atoms with E-state index in [1.807, 2.05) is 59.2 Å². The molecule has 4 rings (SSSR count). The van der Waals surface area contributed by atoms with Crippen molar-refractivity contribution in [2.45, 2.75) is 6.54 Å². The monoisotopic (exact) mass is 408 g/mol. The SMILES string of the molecule is C=CCn1c(=NC(=O)c2cc3ccccc3cc2OC)sc2cc(Cl)ccc21. The molecule has 0 spiro atoms. The van der Waals surface area contributed by atoms with E-state index in [2.05, 4.69) is 11.6 Å². The maximum atomic E-state index is 13.0. The number of benzene rings is 3. The topological polar surface area (TPSA) is 43.6 Å². The zero-order valence-corrected chi connectivity index (χ0v) is 16.8. The number of nitrogens with zero attached hydrogens (tertiary/aromatic N) is 2.